The van der Waals surface area contributed by atoms with Crippen LogP contribution < -0.4 is 10.6 Å². The highest BCUT2D eigenvalue weighted by Crippen LogP contribution is 2.34. The lowest BCUT2D eigenvalue weighted by atomic mass is 9.96. The number of amides is 1. The number of carbonyl (C=O) groups is 1. The van der Waals surface area contributed by atoms with Gasteiger partial charge in [0.05, 0.1) is 0 Å². The van der Waals surface area contributed by atoms with Crippen LogP contribution in [0.15, 0.2) is 60.9 Å². The molecule has 2 N–H and O–H groups in total. The maximum absolute atomic E-state index is 12.0. The molecule has 32 heavy (non-hydrogen) atoms. The van der Waals surface area contributed by atoms with Gasteiger partial charge in [-0.2, -0.15) is 0 Å². The average Bonchev–Trinajstić information content (AvgIpc) is 3.66. The molecule has 2 heterocycles. The molecule has 164 valence electrons. The van der Waals surface area contributed by atoms with Crippen molar-refractivity contribution in [2.24, 2.45) is 11.8 Å². The van der Waals surface area contributed by atoms with Crippen LogP contribution in [-0.4, -0.2) is 24.1 Å². The van der Waals surface area contributed by atoms with Crippen LogP contribution in [0.5, 0.6) is 0 Å². The van der Waals surface area contributed by atoms with Gasteiger partial charge >= 0.3 is 0 Å². The molecule has 1 aliphatic heterocycles. The zero-order valence-corrected chi connectivity index (χ0v) is 18.6. The van der Waals surface area contributed by atoms with Gasteiger partial charge in [-0.15, -0.1) is 0 Å². The predicted molar refractivity (Wildman–Crippen MR) is 130 cm³/mol. The maximum atomic E-state index is 12.0. The van der Waals surface area contributed by atoms with Gasteiger partial charge in [-0.1, -0.05) is 30.3 Å². The number of nitrogens with zero attached hydrogens (tertiary/aromatic N) is 1. The number of ether oxygens (including phenoxy) is 1. The Balaban J connectivity index is 1.37. The second kappa shape index (κ2) is 8.93. The monoisotopic (exact) mass is 447 g/mol. The lowest BCUT2D eigenvalue weighted by molar-refractivity contribution is -0.117. The zero-order chi connectivity index (χ0) is 22.1. The Bertz CT molecular complexity index is 1180. The van der Waals surface area contributed by atoms with E-state index in [0.717, 1.165) is 72.2 Å². The first-order chi connectivity index (χ1) is 15.6. The fourth-order valence-corrected chi connectivity index (χ4v) is 4.34. The molecule has 2 aliphatic rings. The number of nitrogens with one attached hydrogen (secondary N) is 2. The van der Waals surface area contributed by atoms with Crippen molar-refractivity contribution < 1.29 is 9.53 Å². The van der Waals surface area contributed by atoms with Crippen molar-refractivity contribution >= 4 is 39.8 Å². The van der Waals surface area contributed by atoms with Crippen molar-refractivity contribution in [3.8, 4) is 11.1 Å². The van der Waals surface area contributed by atoms with Crippen molar-refractivity contribution in [3.05, 3.63) is 66.0 Å². The van der Waals surface area contributed by atoms with E-state index in [-0.39, 0.29) is 11.8 Å². The van der Waals surface area contributed by atoms with E-state index in [1.807, 2.05) is 30.3 Å². The van der Waals surface area contributed by atoms with Gasteiger partial charge < -0.3 is 15.4 Å². The molecule has 2 fully saturated rings. The van der Waals surface area contributed by atoms with Gasteiger partial charge in [0.25, 0.3) is 0 Å². The third kappa shape index (κ3) is 4.64. The molecule has 1 aromatic heterocycles. The second-order valence-electron chi connectivity index (χ2n) is 8.63. The summed E-state index contributed by atoms with van der Waals surface area (Å²) in [5.74, 6) is 1.23. The predicted octanol–water partition coefficient (Wildman–Crippen LogP) is 6.26. The van der Waals surface area contributed by atoms with Gasteiger partial charge in [-0.25, -0.2) is 4.98 Å². The molecule has 3 aromatic rings. The number of halogens is 1. The summed E-state index contributed by atoms with van der Waals surface area (Å²) in [6, 6.07) is 14.0. The first kappa shape index (κ1) is 21.0. The minimum absolute atomic E-state index is 0.0620. The van der Waals surface area contributed by atoms with E-state index in [1.54, 1.807) is 6.20 Å². The molecule has 5 rings (SSSR count). The van der Waals surface area contributed by atoms with Gasteiger partial charge in [-0.3, -0.25) is 4.79 Å². The number of allylic oxidation sites excluding steroid dienone is 1. The summed E-state index contributed by atoms with van der Waals surface area (Å²) in [6.45, 7) is 5.82. The van der Waals surface area contributed by atoms with Gasteiger partial charge in [0, 0.05) is 58.6 Å². The number of anilines is 2. The van der Waals surface area contributed by atoms with E-state index in [1.165, 1.54) is 0 Å². The lowest BCUT2D eigenvalue weighted by Crippen LogP contribution is -2.20. The van der Waals surface area contributed by atoms with Crippen LogP contribution in [0.2, 0.25) is 5.02 Å². The topological polar surface area (TPSA) is 63.2 Å². The number of aromatic nitrogens is 1. The lowest BCUT2D eigenvalue weighted by Gasteiger charge is -2.25. The van der Waals surface area contributed by atoms with Crippen molar-refractivity contribution in [2.75, 3.05) is 23.8 Å². The van der Waals surface area contributed by atoms with E-state index >= 15 is 0 Å². The second-order valence-corrected chi connectivity index (χ2v) is 9.03. The van der Waals surface area contributed by atoms with Crippen LogP contribution in [0, 0.1) is 11.8 Å². The summed E-state index contributed by atoms with van der Waals surface area (Å²) in [5.41, 5.74) is 3.95. The number of benzene rings is 2. The molecule has 1 aliphatic carbocycles. The molecule has 0 spiro atoms. The summed E-state index contributed by atoms with van der Waals surface area (Å²) in [6.07, 6.45) is 5.73. The van der Waals surface area contributed by atoms with E-state index in [9.17, 15) is 4.79 Å². The van der Waals surface area contributed by atoms with E-state index < -0.39 is 0 Å². The standard InChI is InChI=1S/C26H26ClN3O2/c1-16(17-8-10-32-11-9-17)29-22-6-7-24(27)23(14-22)20-5-4-19-13-25(28-15-21(19)12-20)30-26(31)18-2-3-18/h4-7,12-15,17-18,29H,1-3,8-11H2,(H,28,30,31). The smallest absolute Gasteiger partial charge is 0.228 e. The Morgan fingerprint density at radius 3 is 2.56 bits per heavy atom. The molecule has 0 bridgehead atoms. The van der Waals surface area contributed by atoms with Crippen LogP contribution in [0.4, 0.5) is 11.5 Å². The first-order valence-corrected chi connectivity index (χ1v) is 11.5. The Kier molecular flexibility index (Phi) is 5.85. The first-order valence-electron chi connectivity index (χ1n) is 11.1. The SMILES string of the molecule is C=C(Nc1ccc(Cl)c(-c2ccc3cc(NC(=O)C4CC4)ncc3c2)c1)C1CCOCC1. The summed E-state index contributed by atoms with van der Waals surface area (Å²) in [7, 11) is 0. The Hall–Kier alpha value is -2.89. The minimum atomic E-state index is 0.0620. The van der Waals surface area contributed by atoms with E-state index in [4.69, 9.17) is 16.3 Å². The van der Waals surface area contributed by atoms with E-state index in [2.05, 4.69) is 34.3 Å². The van der Waals surface area contributed by atoms with Crippen molar-refractivity contribution in [2.45, 2.75) is 25.7 Å². The molecule has 1 amide bonds. The third-order valence-electron chi connectivity index (χ3n) is 6.22. The number of pyridine rings is 1. The van der Waals surface area contributed by atoms with Crippen molar-refractivity contribution in [1.29, 1.82) is 0 Å². The highest BCUT2D eigenvalue weighted by Gasteiger charge is 2.29. The highest BCUT2D eigenvalue weighted by atomic mass is 35.5. The minimum Gasteiger partial charge on any atom is -0.381 e. The van der Waals surface area contributed by atoms with Crippen molar-refractivity contribution in [3.63, 3.8) is 0 Å². The van der Waals surface area contributed by atoms with Gasteiger partial charge in [-0.05, 0) is 67.0 Å². The van der Waals surface area contributed by atoms with Crippen LogP contribution in [0.25, 0.3) is 21.9 Å². The molecule has 1 saturated heterocycles. The molecule has 0 radical (unpaired) electrons. The Labute approximate surface area is 192 Å². The highest BCUT2D eigenvalue weighted by molar-refractivity contribution is 6.33. The van der Waals surface area contributed by atoms with Crippen LogP contribution >= 0.6 is 11.6 Å². The van der Waals surface area contributed by atoms with Crippen LogP contribution in [0.3, 0.4) is 0 Å². The fourth-order valence-electron chi connectivity index (χ4n) is 4.11. The summed E-state index contributed by atoms with van der Waals surface area (Å²) in [4.78, 5) is 16.4. The van der Waals surface area contributed by atoms with E-state index in [0.29, 0.717) is 16.8 Å². The van der Waals surface area contributed by atoms with Gasteiger partial charge in [0.1, 0.15) is 5.82 Å². The molecule has 0 unspecified atom stereocenters. The van der Waals surface area contributed by atoms with Crippen LogP contribution in [-0.2, 0) is 9.53 Å². The average molecular weight is 448 g/mol. The molecule has 6 heteroatoms. The van der Waals surface area contributed by atoms with Gasteiger partial charge in [0.2, 0.25) is 5.91 Å². The molecule has 2 aromatic carbocycles. The molecular formula is C26H26ClN3O2. The summed E-state index contributed by atoms with van der Waals surface area (Å²) < 4.78 is 5.46. The summed E-state index contributed by atoms with van der Waals surface area (Å²) in [5, 5.41) is 9.08. The largest absolute Gasteiger partial charge is 0.381 e. The fraction of sp³-hybridized carbons (Fsp3) is 0.308. The molecule has 5 nitrogen and oxygen atoms in total. The van der Waals surface area contributed by atoms with Crippen LogP contribution in [0.1, 0.15) is 25.7 Å². The van der Waals surface area contributed by atoms with Gasteiger partial charge in [0.15, 0.2) is 0 Å². The zero-order valence-electron chi connectivity index (χ0n) is 17.9. The quantitative estimate of drug-likeness (QED) is 0.468. The normalized spacial score (nSPS) is 16.7. The third-order valence-corrected chi connectivity index (χ3v) is 6.55. The molecule has 1 saturated carbocycles. The Morgan fingerprint density at radius 1 is 0.969 bits per heavy atom. The van der Waals surface area contributed by atoms with Crippen molar-refractivity contribution in [1.82, 2.24) is 4.98 Å². The number of hydrogen-bond donors (Lipinski definition) is 2. The maximum Gasteiger partial charge on any atom is 0.228 e. The molecule has 0 atom stereocenters. The number of carbonyl (C=O) groups excluding carboxylic acids is 1. The number of rotatable bonds is 6. The number of hydrogen-bond acceptors (Lipinski definition) is 4. The Morgan fingerprint density at radius 2 is 1.78 bits per heavy atom. The number of fused-ring (bicyclic) bond motifs is 1. The molecular weight excluding hydrogens is 422 g/mol. The summed E-state index contributed by atoms with van der Waals surface area (Å²) >= 11 is 6.56.